The number of carbonyl (C=O) groups is 3. The van der Waals surface area contributed by atoms with Crippen LogP contribution < -0.4 is 16.4 Å². The van der Waals surface area contributed by atoms with Gasteiger partial charge < -0.3 is 30.9 Å². The van der Waals surface area contributed by atoms with Gasteiger partial charge in [0, 0.05) is 6.54 Å². The molecule has 1 amide bonds. The van der Waals surface area contributed by atoms with Gasteiger partial charge in [0.2, 0.25) is 0 Å². The zero-order valence-corrected chi connectivity index (χ0v) is 16.1. The summed E-state index contributed by atoms with van der Waals surface area (Å²) in [6.07, 6.45) is -0.987. The van der Waals surface area contributed by atoms with E-state index >= 15 is 0 Å². The number of esters is 1. The third kappa shape index (κ3) is 10.4. The van der Waals surface area contributed by atoms with Crippen molar-refractivity contribution in [1.29, 1.82) is 5.41 Å². The smallest absolute Gasteiger partial charge is 0.408 e. The van der Waals surface area contributed by atoms with Crippen molar-refractivity contribution in [2.45, 2.75) is 65.2 Å². The average Bonchev–Trinajstić information content (AvgIpc) is 2.36. The first kappa shape index (κ1) is 23.5. The van der Waals surface area contributed by atoms with Crippen LogP contribution in [0.4, 0.5) is 4.79 Å². The molecule has 0 fully saturated rings. The number of hydrogen-bond acceptors (Lipinski definition) is 6. The molecule has 0 bridgehead atoms. The van der Waals surface area contributed by atoms with Crippen LogP contribution in [0.5, 0.6) is 0 Å². The largest absolute Gasteiger partial charge is 0.480 e. The number of ether oxygens (including phenoxy) is 2. The molecule has 2 atom stereocenters. The number of carboxylic acid groups (broad SMARTS) is 1. The molecule has 150 valence electrons. The maximum absolute atomic E-state index is 12.5. The molecule has 0 heterocycles. The second-order valence-electron chi connectivity index (χ2n) is 7.73. The molecule has 10 heteroatoms. The number of guanidine groups is 1. The molecule has 0 saturated heterocycles. The van der Waals surface area contributed by atoms with Crippen molar-refractivity contribution in [3.8, 4) is 0 Å². The maximum Gasteiger partial charge on any atom is 0.408 e. The van der Waals surface area contributed by atoms with Gasteiger partial charge in [-0.3, -0.25) is 10.2 Å². The molecular weight excluding hydrogens is 344 g/mol. The minimum absolute atomic E-state index is 0.0265. The highest BCUT2D eigenvalue weighted by Gasteiger charge is 2.38. The highest BCUT2D eigenvalue weighted by molar-refractivity contribution is 5.87. The fourth-order valence-electron chi connectivity index (χ4n) is 1.93. The number of amides is 1. The van der Waals surface area contributed by atoms with Gasteiger partial charge in [0.05, 0.1) is 5.92 Å². The lowest BCUT2D eigenvalue weighted by Gasteiger charge is -2.28. The second kappa shape index (κ2) is 9.25. The first-order chi connectivity index (χ1) is 11.6. The van der Waals surface area contributed by atoms with Crippen LogP contribution in [0.2, 0.25) is 0 Å². The monoisotopic (exact) mass is 374 g/mol. The molecule has 0 saturated carbocycles. The number of nitrogens with two attached hydrogens (primary N) is 1. The highest BCUT2D eigenvalue weighted by atomic mass is 16.6. The number of carboxylic acids is 1. The summed E-state index contributed by atoms with van der Waals surface area (Å²) in [6, 6.07) is -1.56. The molecule has 6 N–H and O–H groups in total. The molecule has 0 aromatic heterocycles. The van der Waals surface area contributed by atoms with Crippen LogP contribution in [0.1, 0.15) is 48.0 Å². The fraction of sp³-hybridized carbons (Fsp3) is 0.750. The quantitative estimate of drug-likeness (QED) is 0.248. The number of hydrogen-bond donors (Lipinski definition) is 5. The lowest BCUT2D eigenvalue weighted by atomic mass is 9.95. The van der Waals surface area contributed by atoms with Gasteiger partial charge in [-0.15, -0.1) is 0 Å². The van der Waals surface area contributed by atoms with Crippen LogP contribution >= 0.6 is 0 Å². The normalized spacial score (nSPS) is 13.9. The van der Waals surface area contributed by atoms with Crippen molar-refractivity contribution in [2.75, 3.05) is 6.54 Å². The van der Waals surface area contributed by atoms with Crippen molar-refractivity contribution in [1.82, 2.24) is 10.6 Å². The minimum Gasteiger partial charge on any atom is -0.480 e. The molecule has 0 aliphatic heterocycles. The summed E-state index contributed by atoms with van der Waals surface area (Å²) in [5.74, 6) is -3.72. The van der Waals surface area contributed by atoms with E-state index in [4.69, 9.17) is 20.6 Å². The van der Waals surface area contributed by atoms with Crippen LogP contribution in [0.25, 0.3) is 0 Å². The van der Waals surface area contributed by atoms with Crippen molar-refractivity contribution in [3.05, 3.63) is 0 Å². The standard InChI is InChI=1S/C16H30N4O6/c1-15(2,3)25-12(23)9(7-8-19-13(17)18)10(11(21)22)20-14(24)26-16(4,5)6/h9-10H,7-8H2,1-6H3,(H,20,24)(H,21,22)(H4,17,18,19)/t9?,10-/m0/s1. The van der Waals surface area contributed by atoms with Gasteiger partial charge in [-0.05, 0) is 48.0 Å². The van der Waals surface area contributed by atoms with Gasteiger partial charge >= 0.3 is 18.0 Å². The van der Waals surface area contributed by atoms with Crippen LogP contribution in [-0.2, 0) is 19.1 Å². The fourth-order valence-corrected chi connectivity index (χ4v) is 1.93. The van der Waals surface area contributed by atoms with Crippen LogP contribution in [0.3, 0.4) is 0 Å². The number of aliphatic carboxylic acids is 1. The third-order valence-corrected chi connectivity index (χ3v) is 2.82. The summed E-state index contributed by atoms with van der Waals surface area (Å²) in [6.45, 7) is 9.88. The van der Waals surface area contributed by atoms with Crippen LogP contribution in [-0.4, -0.2) is 52.9 Å². The van der Waals surface area contributed by atoms with Crippen molar-refractivity contribution >= 4 is 24.0 Å². The van der Waals surface area contributed by atoms with E-state index in [-0.39, 0.29) is 18.9 Å². The Balaban J connectivity index is 5.38. The average molecular weight is 374 g/mol. The van der Waals surface area contributed by atoms with Crippen LogP contribution in [0, 0.1) is 11.3 Å². The highest BCUT2D eigenvalue weighted by Crippen LogP contribution is 2.18. The van der Waals surface area contributed by atoms with Gasteiger partial charge in [0.15, 0.2) is 5.96 Å². The zero-order valence-electron chi connectivity index (χ0n) is 16.1. The molecule has 26 heavy (non-hydrogen) atoms. The van der Waals surface area contributed by atoms with E-state index in [0.717, 1.165) is 0 Å². The van der Waals surface area contributed by atoms with E-state index in [1.165, 1.54) is 0 Å². The van der Waals surface area contributed by atoms with E-state index in [1.54, 1.807) is 41.5 Å². The van der Waals surface area contributed by atoms with E-state index in [9.17, 15) is 19.5 Å². The summed E-state index contributed by atoms with van der Waals surface area (Å²) >= 11 is 0. The van der Waals surface area contributed by atoms with E-state index in [2.05, 4.69) is 10.6 Å². The third-order valence-electron chi connectivity index (χ3n) is 2.82. The predicted octanol–water partition coefficient (Wildman–Crippen LogP) is 0.795. The SMILES string of the molecule is CC(C)(C)OC(=O)N[C@H](C(=O)O)C(CCNC(=N)N)C(=O)OC(C)(C)C. The summed E-state index contributed by atoms with van der Waals surface area (Å²) in [4.78, 5) is 36.0. The Kier molecular flexibility index (Phi) is 8.36. The Hall–Kier alpha value is -2.52. The molecule has 0 aromatic carbocycles. The Morgan fingerprint density at radius 2 is 1.58 bits per heavy atom. The van der Waals surface area contributed by atoms with Gasteiger partial charge in [-0.2, -0.15) is 0 Å². The topological polar surface area (TPSA) is 164 Å². The van der Waals surface area contributed by atoms with Gasteiger partial charge in [0.25, 0.3) is 0 Å². The lowest BCUT2D eigenvalue weighted by molar-refractivity contribution is -0.164. The molecule has 0 radical (unpaired) electrons. The summed E-state index contributed by atoms with van der Waals surface area (Å²) in [7, 11) is 0. The second-order valence-corrected chi connectivity index (χ2v) is 7.73. The minimum atomic E-state index is -1.56. The first-order valence-electron chi connectivity index (χ1n) is 8.15. The summed E-state index contributed by atoms with van der Waals surface area (Å²) in [5.41, 5.74) is 3.53. The Labute approximate surface area is 153 Å². The van der Waals surface area contributed by atoms with Crippen molar-refractivity contribution < 1.29 is 29.0 Å². The molecular formula is C16H30N4O6. The Morgan fingerprint density at radius 1 is 1.08 bits per heavy atom. The number of rotatable bonds is 7. The maximum atomic E-state index is 12.5. The summed E-state index contributed by atoms with van der Waals surface area (Å²) < 4.78 is 10.3. The molecule has 0 aliphatic rings. The number of carbonyl (C=O) groups excluding carboxylic acids is 2. The molecule has 0 aliphatic carbocycles. The van der Waals surface area contributed by atoms with Gasteiger partial charge in [0.1, 0.15) is 17.2 Å². The lowest BCUT2D eigenvalue weighted by Crippen LogP contribution is -2.51. The molecule has 0 rings (SSSR count). The molecule has 0 spiro atoms. The molecule has 10 nitrogen and oxygen atoms in total. The predicted molar refractivity (Wildman–Crippen MR) is 94.7 cm³/mol. The first-order valence-corrected chi connectivity index (χ1v) is 8.15. The Bertz CT molecular complexity index is 536. The van der Waals surface area contributed by atoms with E-state index < -0.39 is 41.2 Å². The van der Waals surface area contributed by atoms with Gasteiger partial charge in [-0.1, -0.05) is 0 Å². The molecule has 1 unspecified atom stereocenters. The number of alkyl carbamates (subject to hydrolysis) is 1. The molecule has 0 aromatic rings. The van der Waals surface area contributed by atoms with Gasteiger partial charge in [-0.25, -0.2) is 9.59 Å². The van der Waals surface area contributed by atoms with Crippen LogP contribution in [0.15, 0.2) is 0 Å². The number of nitrogens with one attached hydrogen (secondary N) is 3. The summed E-state index contributed by atoms with van der Waals surface area (Å²) in [5, 5.41) is 21.3. The van der Waals surface area contributed by atoms with Crippen molar-refractivity contribution in [3.63, 3.8) is 0 Å². The van der Waals surface area contributed by atoms with E-state index in [1.807, 2.05) is 0 Å². The van der Waals surface area contributed by atoms with Crippen molar-refractivity contribution in [2.24, 2.45) is 11.7 Å². The Morgan fingerprint density at radius 3 is 1.96 bits per heavy atom. The van der Waals surface area contributed by atoms with E-state index in [0.29, 0.717) is 0 Å². The zero-order chi connectivity index (χ0) is 20.7.